The first-order chi connectivity index (χ1) is 11.7. The molecule has 2 aliphatic rings. The lowest BCUT2D eigenvalue weighted by Crippen LogP contribution is -2.48. The molecule has 124 valence electrons. The van der Waals surface area contributed by atoms with Crippen molar-refractivity contribution in [2.24, 2.45) is 0 Å². The quantitative estimate of drug-likeness (QED) is 0.864. The van der Waals surface area contributed by atoms with Gasteiger partial charge in [0.15, 0.2) is 11.5 Å². The van der Waals surface area contributed by atoms with Gasteiger partial charge in [0.1, 0.15) is 0 Å². The van der Waals surface area contributed by atoms with E-state index in [0.29, 0.717) is 6.54 Å². The van der Waals surface area contributed by atoms with Crippen LogP contribution in [0.3, 0.4) is 0 Å². The number of carbonyl (C=O) groups excluding carboxylic acids is 1. The van der Waals surface area contributed by atoms with Crippen molar-refractivity contribution in [1.82, 2.24) is 5.32 Å². The smallest absolute Gasteiger partial charge is 0.231 e. The van der Waals surface area contributed by atoms with Gasteiger partial charge in [0, 0.05) is 11.0 Å². The number of rotatable bonds is 4. The first kappa shape index (κ1) is 15.5. The average Bonchev–Trinajstić information content (AvgIpc) is 3.01. The zero-order valence-electron chi connectivity index (χ0n) is 13.2. The molecule has 1 aliphatic heterocycles. The van der Waals surface area contributed by atoms with E-state index in [0.717, 1.165) is 46.4 Å². The van der Waals surface area contributed by atoms with E-state index in [2.05, 4.69) is 21.2 Å². The van der Waals surface area contributed by atoms with Crippen LogP contribution in [0.2, 0.25) is 0 Å². The van der Waals surface area contributed by atoms with Crippen molar-refractivity contribution < 1.29 is 14.3 Å². The summed E-state index contributed by atoms with van der Waals surface area (Å²) in [5.41, 5.74) is 1.73. The summed E-state index contributed by atoms with van der Waals surface area (Å²) in [4.78, 5) is 12.9. The molecule has 1 heterocycles. The van der Waals surface area contributed by atoms with Gasteiger partial charge in [0.05, 0.1) is 5.41 Å². The summed E-state index contributed by atoms with van der Waals surface area (Å²) in [7, 11) is 0. The summed E-state index contributed by atoms with van der Waals surface area (Å²) in [6, 6.07) is 13.9. The molecule has 2 aromatic rings. The maximum absolute atomic E-state index is 12.9. The molecule has 0 aromatic heterocycles. The lowest BCUT2D eigenvalue weighted by atomic mass is 9.64. The molecule has 1 amide bonds. The van der Waals surface area contributed by atoms with Crippen molar-refractivity contribution in [2.75, 3.05) is 6.79 Å². The molecule has 4 nitrogen and oxygen atoms in total. The van der Waals surface area contributed by atoms with Crippen LogP contribution in [0.4, 0.5) is 0 Å². The molecule has 2 aromatic carbocycles. The van der Waals surface area contributed by atoms with Crippen LogP contribution in [0, 0.1) is 0 Å². The molecule has 0 atom stereocenters. The predicted molar refractivity (Wildman–Crippen MR) is 94.1 cm³/mol. The van der Waals surface area contributed by atoms with Gasteiger partial charge in [-0.05, 0) is 48.2 Å². The van der Waals surface area contributed by atoms with Gasteiger partial charge in [-0.3, -0.25) is 4.79 Å². The van der Waals surface area contributed by atoms with Gasteiger partial charge in [-0.25, -0.2) is 0 Å². The molecule has 1 aliphatic carbocycles. The van der Waals surface area contributed by atoms with E-state index in [1.807, 2.05) is 42.5 Å². The fraction of sp³-hybridized carbons (Fsp3) is 0.316. The highest BCUT2D eigenvalue weighted by Gasteiger charge is 2.45. The van der Waals surface area contributed by atoms with Gasteiger partial charge >= 0.3 is 0 Å². The minimum Gasteiger partial charge on any atom is -0.454 e. The Morgan fingerprint density at radius 3 is 2.54 bits per heavy atom. The Bertz CT molecular complexity index is 769. The second kappa shape index (κ2) is 6.13. The molecular weight excluding hydrogens is 370 g/mol. The summed E-state index contributed by atoms with van der Waals surface area (Å²) >= 11 is 3.45. The number of fused-ring (bicyclic) bond motifs is 1. The highest BCUT2D eigenvalue weighted by Crippen LogP contribution is 2.44. The van der Waals surface area contributed by atoms with Crippen LogP contribution in [0.15, 0.2) is 46.9 Å². The van der Waals surface area contributed by atoms with Crippen LogP contribution < -0.4 is 14.8 Å². The Morgan fingerprint density at radius 1 is 1.08 bits per heavy atom. The van der Waals surface area contributed by atoms with E-state index in [9.17, 15) is 4.79 Å². The van der Waals surface area contributed by atoms with Gasteiger partial charge in [0.25, 0.3) is 0 Å². The first-order valence-electron chi connectivity index (χ1n) is 8.10. The van der Waals surface area contributed by atoms with Gasteiger partial charge in [-0.2, -0.15) is 0 Å². The molecule has 0 saturated heterocycles. The van der Waals surface area contributed by atoms with E-state index >= 15 is 0 Å². The van der Waals surface area contributed by atoms with Crippen LogP contribution in [-0.2, 0) is 16.8 Å². The third-order valence-electron chi connectivity index (χ3n) is 4.93. The minimum atomic E-state index is -0.378. The largest absolute Gasteiger partial charge is 0.454 e. The van der Waals surface area contributed by atoms with E-state index < -0.39 is 0 Å². The van der Waals surface area contributed by atoms with E-state index in [1.165, 1.54) is 0 Å². The van der Waals surface area contributed by atoms with E-state index in [-0.39, 0.29) is 18.1 Å². The summed E-state index contributed by atoms with van der Waals surface area (Å²) in [5, 5.41) is 3.10. The number of hydrogen-bond donors (Lipinski definition) is 1. The number of amides is 1. The Labute approximate surface area is 149 Å². The SMILES string of the molecule is O=C(NCc1ccc2c(c1)OCO2)C1(c2ccc(Br)cc2)CCC1. The Balaban J connectivity index is 1.47. The molecule has 24 heavy (non-hydrogen) atoms. The fourth-order valence-corrected chi connectivity index (χ4v) is 3.61. The van der Waals surface area contributed by atoms with Crippen LogP contribution >= 0.6 is 15.9 Å². The number of nitrogens with one attached hydrogen (secondary N) is 1. The third kappa shape index (κ3) is 2.67. The van der Waals surface area contributed by atoms with Crippen LogP contribution in [0.5, 0.6) is 11.5 Å². The molecule has 0 bridgehead atoms. The van der Waals surface area contributed by atoms with Crippen molar-refractivity contribution in [3.8, 4) is 11.5 Å². The van der Waals surface area contributed by atoms with Gasteiger partial charge < -0.3 is 14.8 Å². The zero-order chi connectivity index (χ0) is 16.6. The average molecular weight is 388 g/mol. The van der Waals surface area contributed by atoms with Crippen molar-refractivity contribution in [2.45, 2.75) is 31.2 Å². The second-order valence-corrected chi connectivity index (χ2v) is 7.23. The van der Waals surface area contributed by atoms with Gasteiger partial charge in [0.2, 0.25) is 12.7 Å². The standard InChI is InChI=1S/C19H18BrNO3/c20-15-5-3-14(4-6-15)19(8-1-9-19)18(22)21-11-13-2-7-16-17(10-13)24-12-23-16/h2-7,10H,1,8-9,11-12H2,(H,21,22). The van der Waals surface area contributed by atoms with Crippen molar-refractivity contribution in [1.29, 1.82) is 0 Å². The lowest BCUT2D eigenvalue weighted by Gasteiger charge is -2.40. The molecule has 4 rings (SSSR count). The Morgan fingerprint density at radius 2 is 1.83 bits per heavy atom. The summed E-state index contributed by atoms with van der Waals surface area (Å²) < 4.78 is 11.7. The van der Waals surface area contributed by atoms with Gasteiger partial charge in [-0.1, -0.05) is 40.5 Å². The normalized spacial score (nSPS) is 17.2. The van der Waals surface area contributed by atoms with Crippen LogP contribution in [0.25, 0.3) is 0 Å². The van der Waals surface area contributed by atoms with E-state index in [1.54, 1.807) is 0 Å². The Kier molecular flexibility index (Phi) is 3.96. The third-order valence-corrected chi connectivity index (χ3v) is 5.46. The highest BCUT2D eigenvalue weighted by molar-refractivity contribution is 9.10. The Hall–Kier alpha value is -2.01. The maximum Gasteiger partial charge on any atom is 0.231 e. The number of ether oxygens (including phenoxy) is 2. The summed E-state index contributed by atoms with van der Waals surface area (Å²) in [6.07, 6.45) is 2.90. The molecule has 0 radical (unpaired) electrons. The molecule has 1 saturated carbocycles. The monoisotopic (exact) mass is 387 g/mol. The number of benzene rings is 2. The molecule has 1 fully saturated rings. The lowest BCUT2D eigenvalue weighted by molar-refractivity contribution is -0.130. The van der Waals surface area contributed by atoms with Gasteiger partial charge in [-0.15, -0.1) is 0 Å². The van der Waals surface area contributed by atoms with Crippen molar-refractivity contribution in [3.05, 3.63) is 58.1 Å². The number of hydrogen-bond acceptors (Lipinski definition) is 3. The van der Waals surface area contributed by atoms with Crippen molar-refractivity contribution >= 4 is 21.8 Å². The van der Waals surface area contributed by atoms with Crippen LogP contribution in [-0.4, -0.2) is 12.7 Å². The fourth-order valence-electron chi connectivity index (χ4n) is 3.35. The first-order valence-corrected chi connectivity index (χ1v) is 8.90. The molecular formula is C19H18BrNO3. The second-order valence-electron chi connectivity index (χ2n) is 6.31. The molecule has 5 heteroatoms. The number of halogens is 1. The zero-order valence-corrected chi connectivity index (χ0v) is 14.8. The number of carbonyl (C=O) groups is 1. The van der Waals surface area contributed by atoms with Crippen molar-refractivity contribution in [3.63, 3.8) is 0 Å². The predicted octanol–water partition coefficient (Wildman–Crippen LogP) is 3.92. The molecule has 0 spiro atoms. The van der Waals surface area contributed by atoms with E-state index in [4.69, 9.17) is 9.47 Å². The topological polar surface area (TPSA) is 47.6 Å². The molecule has 1 N–H and O–H groups in total. The van der Waals surface area contributed by atoms with Crippen LogP contribution in [0.1, 0.15) is 30.4 Å². The maximum atomic E-state index is 12.9. The summed E-state index contributed by atoms with van der Waals surface area (Å²) in [6.45, 7) is 0.756. The molecule has 0 unspecified atom stereocenters. The minimum absolute atomic E-state index is 0.105. The summed E-state index contributed by atoms with van der Waals surface area (Å²) in [5.74, 6) is 1.61. The highest BCUT2D eigenvalue weighted by atomic mass is 79.9.